The third-order valence-corrected chi connectivity index (χ3v) is 6.54. The van der Waals surface area contributed by atoms with E-state index < -0.39 is 9.84 Å². The second-order valence-corrected chi connectivity index (χ2v) is 8.80. The molecular formula is C17H23NO4S. The summed E-state index contributed by atoms with van der Waals surface area (Å²) < 4.78 is 28.9. The normalized spacial score (nSPS) is 29.0. The minimum Gasteiger partial charge on any atom is -0.461 e. The van der Waals surface area contributed by atoms with Crippen molar-refractivity contribution in [3.05, 3.63) is 29.7 Å². The topological polar surface area (TPSA) is 67.6 Å². The quantitative estimate of drug-likeness (QED) is 0.774. The average molecular weight is 337 g/mol. The Morgan fingerprint density at radius 2 is 2.17 bits per heavy atom. The van der Waals surface area contributed by atoms with Gasteiger partial charge in [-0.25, -0.2) is 8.42 Å². The minimum atomic E-state index is -2.99. The lowest BCUT2D eigenvalue weighted by Crippen LogP contribution is -2.39. The van der Waals surface area contributed by atoms with Gasteiger partial charge in [0.1, 0.15) is 11.5 Å². The van der Waals surface area contributed by atoms with Crippen LogP contribution in [0.2, 0.25) is 0 Å². The first-order valence-electron chi connectivity index (χ1n) is 8.18. The highest BCUT2D eigenvalue weighted by atomic mass is 32.2. The van der Waals surface area contributed by atoms with E-state index in [1.54, 1.807) is 11.0 Å². The van der Waals surface area contributed by atoms with Crippen LogP contribution in [0.25, 0.3) is 6.08 Å². The van der Waals surface area contributed by atoms with Gasteiger partial charge in [0.25, 0.3) is 0 Å². The standard InChI is InChI=1S/C17H23NO4S/c1-3-18(13-8-9-23(20,21)11-13)17(19)7-5-14-4-6-16(22-14)15-10-12(15)2/h4-7,12-13,15H,3,8-11H2,1-2H3/b7-5+/t12-,13+,15+/m0/s1. The summed E-state index contributed by atoms with van der Waals surface area (Å²) in [6.45, 7) is 4.57. The minimum absolute atomic E-state index is 0.0743. The van der Waals surface area contributed by atoms with Gasteiger partial charge in [-0.3, -0.25) is 4.79 Å². The number of likely N-dealkylation sites (N-methyl/N-ethyl adjacent to an activating group) is 1. The molecule has 5 nitrogen and oxygen atoms in total. The van der Waals surface area contributed by atoms with Crippen molar-refractivity contribution in [2.75, 3.05) is 18.1 Å². The summed E-state index contributed by atoms with van der Waals surface area (Å²) in [5, 5.41) is 0. The largest absolute Gasteiger partial charge is 0.461 e. The molecule has 0 aromatic carbocycles. The summed E-state index contributed by atoms with van der Waals surface area (Å²) in [4.78, 5) is 14.0. The molecule has 1 aromatic rings. The molecule has 0 unspecified atom stereocenters. The maximum absolute atomic E-state index is 12.4. The molecule has 0 bridgehead atoms. The predicted octanol–water partition coefficient (Wildman–Crippen LogP) is 2.45. The number of nitrogens with zero attached hydrogens (tertiary/aromatic N) is 1. The first-order valence-corrected chi connectivity index (χ1v) is 10.0. The van der Waals surface area contributed by atoms with Gasteiger partial charge in [-0.1, -0.05) is 6.92 Å². The van der Waals surface area contributed by atoms with Gasteiger partial charge in [0.05, 0.1) is 11.5 Å². The van der Waals surface area contributed by atoms with Crippen molar-refractivity contribution < 1.29 is 17.6 Å². The van der Waals surface area contributed by atoms with Gasteiger partial charge in [-0.2, -0.15) is 0 Å². The Kier molecular flexibility index (Phi) is 4.36. The van der Waals surface area contributed by atoms with E-state index in [9.17, 15) is 13.2 Å². The highest BCUT2D eigenvalue weighted by Gasteiger charge is 2.36. The fourth-order valence-corrected chi connectivity index (χ4v) is 4.97. The molecule has 3 rings (SSSR count). The maximum Gasteiger partial charge on any atom is 0.246 e. The highest BCUT2D eigenvalue weighted by Crippen LogP contribution is 2.47. The van der Waals surface area contributed by atoms with Crippen molar-refractivity contribution in [2.24, 2.45) is 5.92 Å². The summed E-state index contributed by atoms with van der Waals surface area (Å²) in [6.07, 6.45) is 4.84. The Labute approximate surface area is 137 Å². The van der Waals surface area contributed by atoms with E-state index in [-0.39, 0.29) is 23.5 Å². The van der Waals surface area contributed by atoms with Gasteiger partial charge in [0, 0.05) is 24.6 Å². The number of carbonyl (C=O) groups is 1. The zero-order valence-corrected chi connectivity index (χ0v) is 14.4. The lowest BCUT2D eigenvalue weighted by atomic mass is 10.2. The van der Waals surface area contributed by atoms with E-state index >= 15 is 0 Å². The predicted molar refractivity (Wildman–Crippen MR) is 88.7 cm³/mol. The van der Waals surface area contributed by atoms with Crippen LogP contribution in [0, 0.1) is 5.92 Å². The van der Waals surface area contributed by atoms with Gasteiger partial charge in [0.2, 0.25) is 5.91 Å². The van der Waals surface area contributed by atoms with Gasteiger partial charge < -0.3 is 9.32 Å². The molecule has 1 amide bonds. The molecule has 1 aliphatic heterocycles. The number of rotatable bonds is 5. The van der Waals surface area contributed by atoms with Gasteiger partial charge in [-0.05, 0) is 43.9 Å². The third-order valence-electron chi connectivity index (χ3n) is 4.79. The molecule has 1 aliphatic carbocycles. The molecule has 6 heteroatoms. The number of hydrogen-bond donors (Lipinski definition) is 0. The Morgan fingerprint density at radius 1 is 1.43 bits per heavy atom. The summed E-state index contributed by atoms with van der Waals surface area (Å²) in [5.74, 6) is 2.94. The van der Waals surface area contributed by atoms with Crippen LogP contribution in [0.1, 0.15) is 44.1 Å². The van der Waals surface area contributed by atoms with Crippen molar-refractivity contribution >= 4 is 21.8 Å². The van der Waals surface area contributed by atoms with Crippen LogP contribution >= 0.6 is 0 Å². The van der Waals surface area contributed by atoms with Crippen molar-refractivity contribution in [3.8, 4) is 0 Å². The monoisotopic (exact) mass is 337 g/mol. The zero-order chi connectivity index (χ0) is 16.6. The van der Waals surface area contributed by atoms with Crippen LogP contribution in [0.15, 0.2) is 22.6 Å². The molecule has 2 fully saturated rings. The highest BCUT2D eigenvalue weighted by molar-refractivity contribution is 7.91. The van der Waals surface area contributed by atoms with Crippen LogP contribution in [0.4, 0.5) is 0 Å². The van der Waals surface area contributed by atoms with Gasteiger partial charge in [-0.15, -0.1) is 0 Å². The Bertz CT molecular complexity index is 719. The summed E-state index contributed by atoms with van der Waals surface area (Å²) in [5.41, 5.74) is 0. The second kappa shape index (κ2) is 6.15. The Balaban J connectivity index is 1.63. The molecule has 2 aliphatic rings. The Hall–Kier alpha value is -1.56. The zero-order valence-electron chi connectivity index (χ0n) is 13.6. The van der Waals surface area contributed by atoms with E-state index in [2.05, 4.69) is 6.92 Å². The van der Waals surface area contributed by atoms with E-state index in [0.717, 1.165) is 12.2 Å². The third kappa shape index (κ3) is 3.68. The lowest BCUT2D eigenvalue weighted by molar-refractivity contribution is -0.127. The lowest BCUT2D eigenvalue weighted by Gasteiger charge is -2.25. The number of amides is 1. The van der Waals surface area contributed by atoms with E-state index in [1.165, 1.54) is 6.08 Å². The average Bonchev–Trinajstić information content (AvgIpc) is 2.90. The van der Waals surface area contributed by atoms with Crippen LogP contribution in [-0.2, 0) is 14.6 Å². The molecule has 0 spiro atoms. The van der Waals surface area contributed by atoms with E-state index in [4.69, 9.17) is 4.42 Å². The molecule has 3 atom stereocenters. The van der Waals surface area contributed by atoms with Crippen molar-refractivity contribution in [1.29, 1.82) is 0 Å². The van der Waals surface area contributed by atoms with E-state index in [0.29, 0.717) is 30.6 Å². The Morgan fingerprint density at radius 3 is 2.74 bits per heavy atom. The smallest absolute Gasteiger partial charge is 0.246 e. The fourth-order valence-electron chi connectivity index (χ4n) is 3.24. The first-order chi connectivity index (χ1) is 10.9. The summed E-state index contributed by atoms with van der Waals surface area (Å²) in [7, 11) is -2.99. The first kappa shape index (κ1) is 16.3. The molecule has 0 N–H and O–H groups in total. The van der Waals surface area contributed by atoms with Crippen LogP contribution in [0.5, 0.6) is 0 Å². The van der Waals surface area contributed by atoms with Crippen molar-refractivity contribution in [2.45, 2.75) is 38.6 Å². The van der Waals surface area contributed by atoms with Gasteiger partial charge in [0.15, 0.2) is 9.84 Å². The molecule has 1 saturated heterocycles. The molecule has 0 radical (unpaired) electrons. The van der Waals surface area contributed by atoms with Crippen LogP contribution in [-0.4, -0.2) is 43.3 Å². The number of furan rings is 1. The molecule has 126 valence electrons. The van der Waals surface area contributed by atoms with Crippen LogP contribution in [0.3, 0.4) is 0 Å². The SMILES string of the molecule is CCN(C(=O)/C=C/c1ccc([C@@H]2C[C@@H]2C)o1)[C@@H]1CCS(=O)(=O)C1. The maximum atomic E-state index is 12.4. The summed E-state index contributed by atoms with van der Waals surface area (Å²) >= 11 is 0. The van der Waals surface area contributed by atoms with Gasteiger partial charge >= 0.3 is 0 Å². The number of sulfone groups is 1. The molecule has 1 aromatic heterocycles. The molecule has 23 heavy (non-hydrogen) atoms. The number of hydrogen-bond acceptors (Lipinski definition) is 4. The van der Waals surface area contributed by atoms with E-state index in [1.807, 2.05) is 19.1 Å². The fraction of sp³-hybridized carbons (Fsp3) is 0.588. The molecule has 2 heterocycles. The molecular weight excluding hydrogens is 314 g/mol. The van der Waals surface area contributed by atoms with Crippen molar-refractivity contribution in [3.63, 3.8) is 0 Å². The molecule has 1 saturated carbocycles. The second-order valence-electron chi connectivity index (χ2n) is 6.57. The van der Waals surface area contributed by atoms with Crippen molar-refractivity contribution in [1.82, 2.24) is 4.90 Å². The summed E-state index contributed by atoms with van der Waals surface area (Å²) in [6, 6.07) is 3.64. The number of carbonyl (C=O) groups excluding carboxylic acids is 1. The van der Waals surface area contributed by atoms with Crippen LogP contribution < -0.4 is 0 Å².